The predicted octanol–water partition coefficient (Wildman–Crippen LogP) is 3.33. The Balaban J connectivity index is 2.07. The molecule has 17 heavy (non-hydrogen) atoms. The van der Waals surface area contributed by atoms with Crippen LogP contribution in [0.4, 0.5) is 0 Å². The minimum Gasteiger partial charge on any atom is -0.382 e. The summed E-state index contributed by atoms with van der Waals surface area (Å²) in [6, 6.07) is 10.3. The van der Waals surface area contributed by atoms with Crippen molar-refractivity contribution >= 4 is 6.21 Å². The highest BCUT2D eigenvalue weighted by molar-refractivity contribution is 5.80. The molecule has 1 atom stereocenters. The Bertz CT molecular complexity index is 431. The van der Waals surface area contributed by atoms with E-state index in [2.05, 4.69) is 35.4 Å². The van der Waals surface area contributed by atoms with Crippen LogP contribution in [0, 0.1) is 0 Å². The van der Waals surface area contributed by atoms with Crippen LogP contribution in [0.15, 0.2) is 59.1 Å². The molecule has 0 fully saturated rings. The second-order valence-electron chi connectivity index (χ2n) is 4.03. The van der Waals surface area contributed by atoms with E-state index in [1.165, 1.54) is 11.1 Å². The van der Waals surface area contributed by atoms with Gasteiger partial charge in [-0.25, -0.2) is 0 Å². The third-order valence-electron chi connectivity index (χ3n) is 2.73. The van der Waals surface area contributed by atoms with Crippen molar-refractivity contribution in [1.29, 1.82) is 0 Å². The lowest BCUT2D eigenvalue weighted by Crippen LogP contribution is -2.04. The molecule has 88 valence electrons. The summed E-state index contributed by atoms with van der Waals surface area (Å²) in [5.41, 5.74) is 2.44. The summed E-state index contributed by atoms with van der Waals surface area (Å²) in [6.07, 6.45) is 9.23. The number of nitrogens with zero attached hydrogens (tertiary/aromatic N) is 1. The van der Waals surface area contributed by atoms with E-state index < -0.39 is 0 Å². The maximum atomic E-state index is 5.22. The van der Waals surface area contributed by atoms with Crippen molar-refractivity contribution in [3.63, 3.8) is 0 Å². The molecule has 1 aromatic carbocycles. The first-order chi connectivity index (χ1) is 8.40. The van der Waals surface area contributed by atoms with Crippen LogP contribution in [0.2, 0.25) is 0 Å². The zero-order valence-corrected chi connectivity index (χ0v) is 10.0. The van der Waals surface area contributed by atoms with Gasteiger partial charge in [-0.2, -0.15) is 0 Å². The molecule has 0 spiro atoms. The first kappa shape index (κ1) is 11.8. The lowest BCUT2D eigenvalue weighted by atomic mass is 10.1. The first-order valence-electron chi connectivity index (χ1n) is 5.83. The fourth-order valence-electron chi connectivity index (χ4n) is 1.80. The number of rotatable bonds is 5. The largest absolute Gasteiger partial charge is 0.382 e. The number of ether oxygens (including phenoxy) is 1. The molecular weight excluding hydrogens is 210 g/mol. The van der Waals surface area contributed by atoms with E-state index in [1.54, 1.807) is 7.11 Å². The maximum absolute atomic E-state index is 5.22. The molecule has 1 aliphatic rings. The third kappa shape index (κ3) is 3.40. The molecule has 1 aromatic rings. The second kappa shape index (κ2) is 6.16. The van der Waals surface area contributed by atoms with E-state index in [9.17, 15) is 0 Å². The van der Waals surface area contributed by atoms with Gasteiger partial charge in [-0.3, -0.25) is 4.99 Å². The Labute approximate surface area is 102 Å². The molecular formula is C15H17NO. The molecule has 0 bridgehead atoms. The smallest absolute Gasteiger partial charge is 0.0982 e. The molecule has 2 heteroatoms. The van der Waals surface area contributed by atoms with Crippen LogP contribution in [0.5, 0.6) is 0 Å². The summed E-state index contributed by atoms with van der Waals surface area (Å²) >= 11 is 0. The SMILES string of the molecule is COC[C@@H](N=CC1=CC=CC1)c1ccccc1. The van der Waals surface area contributed by atoms with Gasteiger partial charge in [-0.05, 0) is 17.6 Å². The van der Waals surface area contributed by atoms with Gasteiger partial charge in [0.1, 0.15) is 0 Å². The Morgan fingerprint density at radius 1 is 1.35 bits per heavy atom. The highest BCUT2D eigenvalue weighted by Gasteiger charge is 2.08. The molecule has 0 aliphatic heterocycles. The van der Waals surface area contributed by atoms with Crippen LogP contribution in [-0.4, -0.2) is 19.9 Å². The summed E-state index contributed by atoms with van der Waals surface area (Å²) in [4.78, 5) is 4.61. The fourth-order valence-corrected chi connectivity index (χ4v) is 1.80. The van der Waals surface area contributed by atoms with Crippen molar-refractivity contribution < 1.29 is 4.74 Å². The zero-order valence-electron chi connectivity index (χ0n) is 10.0. The Kier molecular flexibility index (Phi) is 4.28. The summed E-state index contributed by atoms with van der Waals surface area (Å²) in [6.45, 7) is 0.612. The van der Waals surface area contributed by atoms with E-state index in [1.807, 2.05) is 24.4 Å². The van der Waals surface area contributed by atoms with Crippen LogP contribution < -0.4 is 0 Å². The van der Waals surface area contributed by atoms with Crippen molar-refractivity contribution in [3.8, 4) is 0 Å². The molecule has 2 rings (SSSR count). The van der Waals surface area contributed by atoms with Gasteiger partial charge in [-0.15, -0.1) is 0 Å². The third-order valence-corrected chi connectivity index (χ3v) is 2.73. The topological polar surface area (TPSA) is 21.6 Å². The van der Waals surface area contributed by atoms with Crippen molar-refractivity contribution in [3.05, 3.63) is 59.7 Å². The molecule has 0 saturated carbocycles. The van der Waals surface area contributed by atoms with Crippen molar-refractivity contribution in [1.82, 2.24) is 0 Å². The van der Waals surface area contributed by atoms with Gasteiger partial charge in [0.05, 0.1) is 12.6 Å². The predicted molar refractivity (Wildman–Crippen MR) is 71.4 cm³/mol. The van der Waals surface area contributed by atoms with Gasteiger partial charge >= 0.3 is 0 Å². The van der Waals surface area contributed by atoms with Crippen LogP contribution in [-0.2, 0) is 4.74 Å². The number of benzene rings is 1. The summed E-state index contributed by atoms with van der Waals surface area (Å²) in [7, 11) is 1.71. The molecule has 1 aliphatic carbocycles. The summed E-state index contributed by atoms with van der Waals surface area (Å²) in [5.74, 6) is 0. The Morgan fingerprint density at radius 3 is 2.82 bits per heavy atom. The average molecular weight is 227 g/mol. The number of allylic oxidation sites excluding steroid dienone is 4. The molecule has 2 nitrogen and oxygen atoms in total. The summed E-state index contributed by atoms with van der Waals surface area (Å²) in [5, 5.41) is 0. The molecule has 0 aromatic heterocycles. The van der Waals surface area contributed by atoms with E-state index >= 15 is 0 Å². The van der Waals surface area contributed by atoms with Crippen LogP contribution >= 0.6 is 0 Å². The van der Waals surface area contributed by atoms with E-state index in [0.717, 1.165) is 6.42 Å². The van der Waals surface area contributed by atoms with Gasteiger partial charge in [0.25, 0.3) is 0 Å². The number of hydrogen-bond donors (Lipinski definition) is 0. The minimum atomic E-state index is 0.0858. The summed E-state index contributed by atoms with van der Waals surface area (Å²) < 4.78 is 5.22. The van der Waals surface area contributed by atoms with Gasteiger partial charge in [0, 0.05) is 13.3 Å². The maximum Gasteiger partial charge on any atom is 0.0982 e. The van der Waals surface area contributed by atoms with E-state index in [0.29, 0.717) is 6.61 Å². The Hall–Kier alpha value is -1.67. The van der Waals surface area contributed by atoms with Gasteiger partial charge in [0.15, 0.2) is 0 Å². The lowest BCUT2D eigenvalue weighted by Gasteiger charge is -2.11. The van der Waals surface area contributed by atoms with Crippen LogP contribution in [0.25, 0.3) is 0 Å². The minimum absolute atomic E-state index is 0.0858. The van der Waals surface area contributed by atoms with Crippen LogP contribution in [0.3, 0.4) is 0 Å². The van der Waals surface area contributed by atoms with Crippen molar-refractivity contribution in [2.45, 2.75) is 12.5 Å². The lowest BCUT2D eigenvalue weighted by molar-refractivity contribution is 0.182. The highest BCUT2D eigenvalue weighted by atomic mass is 16.5. The molecule has 0 N–H and O–H groups in total. The van der Waals surface area contributed by atoms with Gasteiger partial charge in [-0.1, -0.05) is 48.6 Å². The van der Waals surface area contributed by atoms with Gasteiger partial charge < -0.3 is 4.74 Å². The highest BCUT2D eigenvalue weighted by Crippen LogP contribution is 2.18. The fraction of sp³-hybridized carbons (Fsp3) is 0.267. The van der Waals surface area contributed by atoms with Gasteiger partial charge in [0.2, 0.25) is 0 Å². The first-order valence-corrected chi connectivity index (χ1v) is 5.83. The van der Waals surface area contributed by atoms with E-state index in [-0.39, 0.29) is 6.04 Å². The standard InChI is InChI=1S/C15H17NO/c1-17-12-15(14-9-3-2-4-10-14)16-11-13-7-5-6-8-13/h2-7,9-11,15H,8,12H2,1H3/t15-/m1/s1. The average Bonchev–Trinajstić information content (AvgIpc) is 2.88. The molecule has 0 radical (unpaired) electrons. The second-order valence-corrected chi connectivity index (χ2v) is 4.03. The molecule has 0 amide bonds. The van der Waals surface area contributed by atoms with Crippen molar-refractivity contribution in [2.75, 3.05) is 13.7 Å². The zero-order chi connectivity index (χ0) is 11.9. The van der Waals surface area contributed by atoms with Crippen LogP contribution in [0.1, 0.15) is 18.0 Å². The molecule has 0 saturated heterocycles. The van der Waals surface area contributed by atoms with E-state index in [4.69, 9.17) is 4.74 Å². The quantitative estimate of drug-likeness (QED) is 0.707. The normalized spacial score (nSPS) is 16.4. The Morgan fingerprint density at radius 2 is 2.18 bits per heavy atom. The van der Waals surface area contributed by atoms with Crippen molar-refractivity contribution in [2.24, 2.45) is 4.99 Å². The molecule has 0 unspecified atom stereocenters. The molecule has 0 heterocycles. The number of aliphatic imine (C=N–C) groups is 1. The number of methoxy groups -OCH3 is 1. The number of hydrogen-bond acceptors (Lipinski definition) is 2. The monoisotopic (exact) mass is 227 g/mol.